The topological polar surface area (TPSA) is 129 Å². The van der Waals surface area contributed by atoms with E-state index in [9.17, 15) is 9.59 Å². The van der Waals surface area contributed by atoms with Crippen molar-refractivity contribution in [3.8, 4) is 11.5 Å². The van der Waals surface area contributed by atoms with E-state index in [0.29, 0.717) is 43.9 Å². The fraction of sp³-hybridized carbons (Fsp3) is 0.208. The van der Waals surface area contributed by atoms with Crippen molar-refractivity contribution in [1.29, 1.82) is 0 Å². The lowest BCUT2D eigenvalue weighted by Crippen LogP contribution is -2.28. The molecule has 35 heavy (non-hydrogen) atoms. The molecule has 1 aliphatic rings. The number of H-pyrrole nitrogens is 1. The quantitative estimate of drug-likeness (QED) is 0.414. The fourth-order valence-electron chi connectivity index (χ4n) is 3.98. The van der Waals surface area contributed by atoms with Crippen LogP contribution in [0.25, 0.3) is 0 Å². The molecule has 9 nitrogen and oxygen atoms in total. The lowest BCUT2D eigenvalue weighted by molar-refractivity contribution is -0.136. The molecule has 0 fully saturated rings. The monoisotopic (exact) mass is 516 g/mol. The summed E-state index contributed by atoms with van der Waals surface area (Å²) in [5.41, 5.74) is 8.23. The number of aromatic nitrogens is 2. The van der Waals surface area contributed by atoms with Crippen molar-refractivity contribution in [2.24, 2.45) is 0 Å². The molecule has 4 rings (SSSR count). The van der Waals surface area contributed by atoms with Crippen LogP contribution in [0.4, 0.5) is 11.6 Å². The second kappa shape index (κ2) is 9.89. The van der Waals surface area contributed by atoms with Crippen molar-refractivity contribution < 1.29 is 19.0 Å². The van der Waals surface area contributed by atoms with E-state index in [1.165, 1.54) is 14.2 Å². The van der Waals surface area contributed by atoms with Crippen LogP contribution in [-0.2, 0) is 16.1 Å². The van der Waals surface area contributed by atoms with Crippen LogP contribution in [0.2, 0.25) is 10.0 Å². The van der Waals surface area contributed by atoms with E-state index in [0.717, 1.165) is 5.56 Å². The number of hydrogen-bond donors (Lipinski definition) is 3. The summed E-state index contributed by atoms with van der Waals surface area (Å²) in [5, 5.41) is 4.00. The molecule has 0 bridgehead atoms. The Kier molecular flexibility index (Phi) is 6.90. The molecular weight excluding hydrogens is 495 g/mol. The van der Waals surface area contributed by atoms with E-state index >= 15 is 0 Å². The van der Waals surface area contributed by atoms with E-state index in [-0.39, 0.29) is 18.2 Å². The predicted molar refractivity (Wildman–Crippen MR) is 133 cm³/mol. The molecule has 0 aliphatic carbocycles. The zero-order valence-corrected chi connectivity index (χ0v) is 20.6. The van der Waals surface area contributed by atoms with Crippen LogP contribution < -0.4 is 26.2 Å². The number of anilines is 2. The molecule has 1 aliphatic heterocycles. The zero-order valence-electron chi connectivity index (χ0n) is 19.1. The number of carbonyl (C=O) groups excluding carboxylic acids is 1. The number of aromatic amines is 1. The number of esters is 1. The normalized spacial score (nSPS) is 14.7. The van der Waals surface area contributed by atoms with Gasteiger partial charge >= 0.3 is 11.7 Å². The first kappa shape index (κ1) is 24.4. The Morgan fingerprint density at radius 1 is 1.14 bits per heavy atom. The molecule has 1 atom stereocenters. The number of nitrogens with one attached hydrogen (secondary N) is 2. The average molecular weight is 517 g/mol. The van der Waals surface area contributed by atoms with Crippen molar-refractivity contribution in [3.05, 3.63) is 84.9 Å². The lowest BCUT2D eigenvalue weighted by Gasteiger charge is -2.30. The molecular formula is C24H22Cl2N4O5. The maximum Gasteiger partial charge on any atom is 0.348 e. The third kappa shape index (κ3) is 4.78. The van der Waals surface area contributed by atoms with Gasteiger partial charge < -0.3 is 25.3 Å². The first-order valence-electron chi connectivity index (χ1n) is 10.4. The minimum atomic E-state index is -0.684. The van der Waals surface area contributed by atoms with Crippen LogP contribution in [-0.4, -0.2) is 30.2 Å². The van der Waals surface area contributed by atoms with E-state index in [1.807, 2.05) is 0 Å². The summed E-state index contributed by atoms with van der Waals surface area (Å²) in [6.07, 6.45) is 0. The molecule has 0 saturated carbocycles. The molecule has 0 radical (unpaired) electrons. The van der Waals surface area contributed by atoms with Gasteiger partial charge in [0.15, 0.2) is 11.5 Å². The first-order chi connectivity index (χ1) is 16.7. The molecule has 1 unspecified atom stereocenters. The highest BCUT2D eigenvalue weighted by molar-refractivity contribution is 6.35. The Labute approximate surface area is 210 Å². The molecule has 0 spiro atoms. The summed E-state index contributed by atoms with van der Waals surface area (Å²) >= 11 is 12.2. The van der Waals surface area contributed by atoms with Gasteiger partial charge in [0.25, 0.3) is 0 Å². The number of halogens is 2. The van der Waals surface area contributed by atoms with Crippen LogP contribution in [0.1, 0.15) is 29.5 Å². The Bertz CT molecular complexity index is 1400. The van der Waals surface area contributed by atoms with E-state index in [1.54, 1.807) is 43.3 Å². The summed E-state index contributed by atoms with van der Waals surface area (Å²) in [4.78, 5) is 31.2. The van der Waals surface area contributed by atoms with Crippen molar-refractivity contribution in [1.82, 2.24) is 9.97 Å². The largest absolute Gasteiger partial charge is 0.493 e. The number of benzene rings is 2. The molecule has 182 valence electrons. The van der Waals surface area contributed by atoms with Crippen molar-refractivity contribution in [2.75, 3.05) is 25.3 Å². The highest BCUT2D eigenvalue weighted by Gasteiger charge is 2.36. The number of rotatable bonds is 6. The Morgan fingerprint density at radius 2 is 1.91 bits per heavy atom. The van der Waals surface area contributed by atoms with Gasteiger partial charge in [0.05, 0.1) is 25.7 Å². The first-order valence-corrected chi connectivity index (χ1v) is 11.2. The van der Waals surface area contributed by atoms with Crippen LogP contribution in [0.5, 0.6) is 11.5 Å². The molecule has 4 N–H and O–H groups in total. The van der Waals surface area contributed by atoms with Crippen LogP contribution in [0.3, 0.4) is 0 Å². The third-order valence-electron chi connectivity index (χ3n) is 5.61. The van der Waals surface area contributed by atoms with Crippen molar-refractivity contribution >= 4 is 40.8 Å². The number of nitrogens with zero attached hydrogens (tertiary/aromatic N) is 1. The summed E-state index contributed by atoms with van der Waals surface area (Å²) in [6, 6.07) is 10.4. The van der Waals surface area contributed by atoms with Gasteiger partial charge in [-0.1, -0.05) is 35.3 Å². The minimum absolute atomic E-state index is 0.0862. The number of nitrogen functional groups attached to an aromatic ring is 1. The third-order valence-corrected chi connectivity index (χ3v) is 6.20. The average Bonchev–Trinajstić information content (AvgIpc) is 2.82. The molecule has 11 heteroatoms. The Morgan fingerprint density at radius 3 is 2.60 bits per heavy atom. The minimum Gasteiger partial charge on any atom is -0.493 e. The number of carbonyl (C=O) groups is 1. The summed E-state index contributed by atoms with van der Waals surface area (Å²) in [7, 11) is 2.80. The van der Waals surface area contributed by atoms with Gasteiger partial charge in [-0.2, -0.15) is 4.98 Å². The molecule has 1 aromatic heterocycles. The summed E-state index contributed by atoms with van der Waals surface area (Å²) < 4.78 is 16.5. The molecule has 3 aromatic rings. The molecule has 2 heterocycles. The van der Waals surface area contributed by atoms with E-state index in [4.69, 9.17) is 43.1 Å². The molecule has 0 saturated heterocycles. The summed E-state index contributed by atoms with van der Waals surface area (Å²) in [6.45, 7) is 1.89. The van der Waals surface area contributed by atoms with Gasteiger partial charge in [0.2, 0.25) is 0 Å². The Balaban J connectivity index is 1.76. The van der Waals surface area contributed by atoms with Crippen molar-refractivity contribution in [2.45, 2.75) is 19.4 Å². The van der Waals surface area contributed by atoms with Crippen molar-refractivity contribution in [3.63, 3.8) is 0 Å². The maximum atomic E-state index is 12.8. The number of methoxy groups -OCH3 is 2. The number of allylic oxidation sites excluding steroid dienone is 1. The van der Waals surface area contributed by atoms with Gasteiger partial charge in [-0.25, -0.2) is 9.59 Å². The molecule has 0 amide bonds. The van der Waals surface area contributed by atoms with Gasteiger partial charge in [-0.05, 0) is 36.8 Å². The smallest absolute Gasteiger partial charge is 0.348 e. The highest BCUT2D eigenvalue weighted by atomic mass is 35.5. The Hall–Kier alpha value is -3.69. The number of ether oxygens (including phenoxy) is 3. The van der Waals surface area contributed by atoms with Gasteiger partial charge in [-0.15, -0.1) is 0 Å². The number of nitrogens with two attached hydrogens (primary N) is 1. The van der Waals surface area contributed by atoms with Gasteiger partial charge in [-0.3, -0.25) is 4.98 Å². The van der Waals surface area contributed by atoms with Crippen LogP contribution in [0.15, 0.2) is 52.5 Å². The summed E-state index contributed by atoms with van der Waals surface area (Å²) in [5.74, 6) is 0.000545. The van der Waals surface area contributed by atoms with E-state index < -0.39 is 17.6 Å². The zero-order chi connectivity index (χ0) is 25.3. The van der Waals surface area contributed by atoms with Gasteiger partial charge in [0.1, 0.15) is 18.2 Å². The van der Waals surface area contributed by atoms with Crippen LogP contribution in [0, 0.1) is 0 Å². The maximum absolute atomic E-state index is 12.8. The molecule has 2 aromatic carbocycles. The lowest BCUT2D eigenvalue weighted by atomic mass is 9.82. The predicted octanol–water partition coefficient (Wildman–Crippen LogP) is 4.25. The second-order valence-electron chi connectivity index (χ2n) is 7.74. The SMILES string of the molecule is COC(=O)C1=C(C)Nc2nc(=O)[nH]c(N)c2C1c1ccc(OCc2ccc(Cl)cc2Cl)c(OC)c1. The highest BCUT2D eigenvalue weighted by Crippen LogP contribution is 2.45. The van der Waals surface area contributed by atoms with Gasteiger partial charge in [0, 0.05) is 26.9 Å². The number of fused-ring (bicyclic) bond motifs is 1. The van der Waals surface area contributed by atoms with Crippen LogP contribution >= 0.6 is 23.2 Å². The second-order valence-corrected chi connectivity index (χ2v) is 8.58. The fourth-order valence-corrected chi connectivity index (χ4v) is 4.45. The standard InChI is InChI=1S/C24H22Cl2N4O5/c1-11-18(23(31)34-3)19(20-21(27)29-24(32)30-22(20)28-11)12-5-7-16(17(8-12)33-2)35-10-13-4-6-14(25)9-15(13)26/h4-9,19H,10H2,1-3H3,(H4,27,28,29,30,32). The van der Waals surface area contributed by atoms with E-state index in [2.05, 4.69) is 15.3 Å². The number of hydrogen-bond acceptors (Lipinski definition) is 8.